The van der Waals surface area contributed by atoms with Crippen LogP contribution in [0.5, 0.6) is 0 Å². The van der Waals surface area contributed by atoms with Gasteiger partial charge in [0.2, 0.25) is 17.7 Å². The number of hydrogen-bond acceptors (Lipinski definition) is 4. The zero-order valence-electron chi connectivity index (χ0n) is 15.3. The molecule has 6 heteroatoms. The molecule has 0 saturated carbocycles. The van der Waals surface area contributed by atoms with Crippen LogP contribution in [0.4, 0.5) is 11.4 Å². The summed E-state index contributed by atoms with van der Waals surface area (Å²) in [5, 5.41) is 0. The van der Waals surface area contributed by atoms with Crippen molar-refractivity contribution >= 4 is 35.2 Å². The number of primary amides is 1. The first-order valence-electron chi connectivity index (χ1n) is 9.28. The van der Waals surface area contributed by atoms with E-state index in [9.17, 15) is 14.4 Å². The van der Waals surface area contributed by atoms with E-state index in [2.05, 4.69) is 0 Å². The fraction of sp³-hybridized carbons (Fsp3) is 0.227. The van der Waals surface area contributed by atoms with Gasteiger partial charge < -0.3 is 10.6 Å². The largest absolute Gasteiger partial charge is 0.368 e. The molecule has 2 fully saturated rings. The van der Waals surface area contributed by atoms with Crippen molar-refractivity contribution in [3.63, 3.8) is 0 Å². The summed E-state index contributed by atoms with van der Waals surface area (Å²) in [7, 11) is 0. The van der Waals surface area contributed by atoms with Gasteiger partial charge in [0.1, 0.15) is 6.04 Å². The number of hydrogen-bond donors (Lipinski definition) is 1. The first-order chi connectivity index (χ1) is 13.5. The van der Waals surface area contributed by atoms with Crippen LogP contribution in [0.25, 0.3) is 6.08 Å². The molecule has 4 atom stereocenters. The summed E-state index contributed by atoms with van der Waals surface area (Å²) in [6.45, 7) is 1.94. The molecule has 0 unspecified atom stereocenters. The van der Waals surface area contributed by atoms with E-state index in [4.69, 9.17) is 5.73 Å². The minimum Gasteiger partial charge on any atom is -0.368 e. The number of para-hydroxylation sites is 1. The van der Waals surface area contributed by atoms with Crippen molar-refractivity contribution in [2.45, 2.75) is 19.0 Å². The molecule has 3 aliphatic rings. The predicted molar refractivity (Wildman–Crippen MR) is 105 cm³/mol. The Kier molecular flexibility index (Phi) is 3.46. The topological polar surface area (TPSA) is 83.7 Å². The zero-order valence-corrected chi connectivity index (χ0v) is 15.3. The van der Waals surface area contributed by atoms with Crippen molar-refractivity contribution in [3.05, 3.63) is 65.7 Å². The van der Waals surface area contributed by atoms with Gasteiger partial charge in [-0.15, -0.1) is 0 Å². The van der Waals surface area contributed by atoms with E-state index < -0.39 is 23.8 Å². The van der Waals surface area contributed by atoms with Crippen LogP contribution < -0.4 is 15.5 Å². The van der Waals surface area contributed by atoms with Gasteiger partial charge in [-0.3, -0.25) is 14.4 Å². The number of imide groups is 1. The van der Waals surface area contributed by atoms with Crippen LogP contribution in [0.15, 0.2) is 54.6 Å². The molecule has 5 rings (SSSR count). The standard InChI is InChI=1S/C22H19N3O3/c1-12-6-9-14(10-7-12)24-21(27)17-16-11-8-13-4-2-3-5-15(13)25(16)19(20(23)26)18(17)22(24)28/h2-11,16-19H,1H3,(H2,23,26)/t16-,17-,18-,19+/m0/s1. The molecule has 6 nitrogen and oxygen atoms in total. The fourth-order valence-electron chi connectivity index (χ4n) is 4.79. The Balaban J connectivity index is 1.62. The quantitative estimate of drug-likeness (QED) is 0.815. The van der Waals surface area contributed by atoms with Crippen LogP contribution in [0.1, 0.15) is 11.1 Å². The van der Waals surface area contributed by atoms with Crippen LogP contribution in [0.3, 0.4) is 0 Å². The predicted octanol–water partition coefficient (Wildman–Crippen LogP) is 1.87. The van der Waals surface area contributed by atoms with E-state index in [0.717, 1.165) is 16.8 Å². The highest BCUT2D eigenvalue weighted by atomic mass is 16.2. The van der Waals surface area contributed by atoms with Crippen molar-refractivity contribution < 1.29 is 14.4 Å². The number of benzene rings is 2. The first kappa shape index (κ1) is 16.7. The molecule has 0 spiro atoms. The normalized spacial score (nSPS) is 27.6. The molecule has 140 valence electrons. The van der Waals surface area contributed by atoms with E-state index >= 15 is 0 Å². The van der Waals surface area contributed by atoms with E-state index in [-0.39, 0.29) is 17.9 Å². The molecule has 2 N–H and O–H groups in total. The number of carbonyl (C=O) groups excluding carboxylic acids is 3. The Morgan fingerprint density at radius 2 is 1.64 bits per heavy atom. The lowest BCUT2D eigenvalue weighted by Crippen LogP contribution is -2.50. The Morgan fingerprint density at radius 1 is 0.964 bits per heavy atom. The maximum atomic E-state index is 13.3. The average molecular weight is 373 g/mol. The maximum Gasteiger partial charge on any atom is 0.241 e. The van der Waals surface area contributed by atoms with Crippen molar-refractivity contribution in [3.8, 4) is 0 Å². The smallest absolute Gasteiger partial charge is 0.241 e. The number of fused-ring (bicyclic) bond motifs is 5. The first-order valence-corrected chi connectivity index (χ1v) is 9.28. The number of carbonyl (C=O) groups is 3. The van der Waals surface area contributed by atoms with Gasteiger partial charge in [0.15, 0.2) is 0 Å². The van der Waals surface area contributed by atoms with E-state index in [1.165, 1.54) is 4.90 Å². The van der Waals surface area contributed by atoms with E-state index in [1.807, 2.05) is 60.4 Å². The summed E-state index contributed by atoms with van der Waals surface area (Å²) < 4.78 is 0. The molecular weight excluding hydrogens is 354 g/mol. The van der Waals surface area contributed by atoms with Crippen LogP contribution in [0.2, 0.25) is 0 Å². The SMILES string of the molecule is Cc1ccc(N2C(=O)[C@@H]3[C@H](C2=O)[C@H](C(N)=O)N2c4ccccc4C=C[C@@H]32)cc1. The minimum atomic E-state index is -0.854. The minimum absolute atomic E-state index is 0.276. The van der Waals surface area contributed by atoms with Crippen LogP contribution in [-0.4, -0.2) is 29.8 Å². The van der Waals surface area contributed by atoms with Crippen molar-refractivity contribution in [2.24, 2.45) is 17.6 Å². The highest BCUT2D eigenvalue weighted by molar-refractivity contribution is 6.24. The molecule has 3 aliphatic heterocycles. The van der Waals surface area contributed by atoms with Crippen molar-refractivity contribution in [1.82, 2.24) is 0 Å². The van der Waals surface area contributed by atoms with Gasteiger partial charge >= 0.3 is 0 Å². The lowest BCUT2D eigenvalue weighted by molar-refractivity contribution is -0.127. The maximum absolute atomic E-state index is 13.3. The van der Waals surface area contributed by atoms with Crippen LogP contribution in [-0.2, 0) is 14.4 Å². The van der Waals surface area contributed by atoms with Crippen LogP contribution >= 0.6 is 0 Å². The number of aryl methyl sites for hydroxylation is 1. The van der Waals surface area contributed by atoms with Gasteiger partial charge in [-0.25, -0.2) is 4.90 Å². The molecular formula is C22H19N3O3. The fourth-order valence-corrected chi connectivity index (χ4v) is 4.79. The van der Waals surface area contributed by atoms with Crippen molar-refractivity contribution in [1.29, 1.82) is 0 Å². The Labute approximate surface area is 162 Å². The van der Waals surface area contributed by atoms with E-state index in [0.29, 0.717) is 5.69 Å². The number of nitrogens with zero attached hydrogens (tertiary/aromatic N) is 2. The number of anilines is 2. The van der Waals surface area contributed by atoms with Gasteiger partial charge in [-0.1, -0.05) is 48.0 Å². The highest BCUT2D eigenvalue weighted by Gasteiger charge is 2.64. The summed E-state index contributed by atoms with van der Waals surface area (Å²) in [4.78, 5) is 42.1. The van der Waals surface area contributed by atoms with Gasteiger partial charge in [0.05, 0.1) is 23.6 Å². The second-order valence-electron chi connectivity index (χ2n) is 7.56. The third kappa shape index (κ3) is 2.11. The summed E-state index contributed by atoms with van der Waals surface area (Å²) in [6.07, 6.45) is 3.86. The van der Waals surface area contributed by atoms with Crippen molar-refractivity contribution in [2.75, 3.05) is 9.80 Å². The second kappa shape index (κ2) is 5.79. The molecule has 0 bridgehead atoms. The molecule has 3 amide bonds. The molecule has 28 heavy (non-hydrogen) atoms. The highest BCUT2D eigenvalue weighted by Crippen LogP contribution is 2.48. The Morgan fingerprint density at radius 3 is 2.36 bits per heavy atom. The Hall–Kier alpha value is -3.41. The van der Waals surface area contributed by atoms with Gasteiger partial charge in [-0.05, 0) is 30.7 Å². The number of rotatable bonds is 2. The molecule has 0 aliphatic carbocycles. The molecule has 0 radical (unpaired) electrons. The summed E-state index contributed by atoms with van der Waals surface area (Å²) in [5.41, 5.74) is 9.09. The second-order valence-corrected chi connectivity index (χ2v) is 7.56. The zero-order chi connectivity index (χ0) is 19.6. The third-order valence-electron chi connectivity index (χ3n) is 6.00. The molecule has 2 aromatic rings. The lowest BCUT2D eigenvalue weighted by atomic mass is 9.88. The van der Waals surface area contributed by atoms with E-state index in [1.54, 1.807) is 12.1 Å². The number of nitrogens with two attached hydrogens (primary N) is 1. The number of amides is 3. The lowest BCUT2D eigenvalue weighted by Gasteiger charge is -2.35. The molecule has 3 heterocycles. The molecule has 2 aromatic carbocycles. The van der Waals surface area contributed by atoms with Crippen LogP contribution in [0, 0.1) is 18.8 Å². The van der Waals surface area contributed by atoms with Gasteiger partial charge in [0.25, 0.3) is 0 Å². The Bertz CT molecular complexity index is 1040. The summed E-state index contributed by atoms with van der Waals surface area (Å²) in [6, 6.07) is 13.6. The monoisotopic (exact) mass is 373 g/mol. The molecule has 0 aromatic heterocycles. The summed E-state index contributed by atoms with van der Waals surface area (Å²) in [5.74, 6) is -2.64. The third-order valence-corrected chi connectivity index (χ3v) is 6.00. The average Bonchev–Trinajstić information content (AvgIpc) is 3.16. The summed E-state index contributed by atoms with van der Waals surface area (Å²) >= 11 is 0. The van der Waals surface area contributed by atoms with Gasteiger partial charge in [-0.2, -0.15) is 0 Å². The van der Waals surface area contributed by atoms with Gasteiger partial charge in [0, 0.05) is 5.69 Å². The molecule has 2 saturated heterocycles.